The summed E-state index contributed by atoms with van der Waals surface area (Å²) in [5.41, 5.74) is 1.88. The fraction of sp³-hybridized carbons (Fsp3) is 0.188. The van der Waals surface area contributed by atoms with Gasteiger partial charge < -0.3 is 9.32 Å². The van der Waals surface area contributed by atoms with Gasteiger partial charge in [-0.25, -0.2) is 4.68 Å². The predicted octanol–water partition coefficient (Wildman–Crippen LogP) is 2.24. The van der Waals surface area contributed by atoms with E-state index in [4.69, 9.17) is 4.42 Å². The van der Waals surface area contributed by atoms with E-state index in [-0.39, 0.29) is 11.9 Å². The van der Waals surface area contributed by atoms with E-state index in [0.29, 0.717) is 18.8 Å². The van der Waals surface area contributed by atoms with Crippen LogP contribution in [0, 0.1) is 0 Å². The molecule has 22 heavy (non-hydrogen) atoms. The predicted molar refractivity (Wildman–Crippen MR) is 79.1 cm³/mol. The van der Waals surface area contributed by atoms with Crippen molar-refractivity contribution < 1.29 is 9.21 Å². The fourth-order valence-corrected chi connectivity index (χ4v) is 2.54. The quantitative estimate of drug-likeness (QED) is 0.743. The number of rotatable bonds is 3. The Labute approximate surface area is 127 Å². The van der Waals surface area contributed by atoms with Crippen LogP contribution in [0.5, 0.6) is 0 Å². The number of nitrogens with zero attached hydrogens (tertiary/aromatic N) is 4. The third kappa shape index (κ3) is 2.18. The van der Waals surface area contributed by atoms with Crippen LogP contribution >= 0.6 is 0 Å². The zero-order valence-electron chi connectivity index (χ0n) is 11.8. The van der Waals surface area contributed by atoms with Gasteiger partial charge in [0.25, 0.3) is 5.91 Å². The van der Waals surface area contributed by atoms with Crippen LogP contribution in [-0.2, 0) is 0 Å². The van der Waals surface area contributed by atoms with Crippen LogP contribution in [0.2, 0.25) is 0 Å². The average Bonchev–Trinajstić information content (AvgIpc) is 3.18. The second-order valence-corrected chi connectivity index (χ2v) is 5.29. The normalized spacial score (nSPS) is 14.8. The number of hydrogen-bond acceptors (Lipinski definition) is 4. The molecule has 2 aromatic heterocycles. The van der Waals surface area contributed by atoms with Gasteiger partial charge in [0, 0.05) is 18.7 Å². The van der Waals surface area contributed by atoms with Crippen molar-refractivity contribution >= 4 is 5.91 Å². The van der Waals surface area contributed by atoms with Crippen molar-refractivity contribution in [3.8, 4) is 11.3 Å². The minimum absolute atomic E-state index is 0.0790. The highest BCUT2D eigenvalue weighted by atomic mass is 16.3. The number of benzene rings is 1. The first-order valence-electron chi connectivity index (χ1n) is 7.11. The van der Waals surface area contributed by atoms with Crippen molar-refractivity contribution in [3.05, 3.63) is 60.7 Å². The topological polar surface area (TPSA) is 64.2 Å². The highest BCUT2D eigenvalue weighted by molar-refractivity contribution is 5.92. The maximum Gasteiger partial charge on any atom is 0.289 e. The van der Waals surface area contributed by atoms with Crippen LogP contribution < -0.4 is 0 Å². The standard InChI is InChI=1S/C16H14N4O2/c21-16(15-7-4-8-22-15)19-9-13(10-19)20-11-14(17-18-20)12-5-2-1-3-6-12/h1-8,11,13H,9-10H2. The van der Waals surface area contributed by atoms with Crippen molar-refractivity contribution in [2.45, 2.75) is 6.04 Å². The van der Waals surface area contributed by atoms with Crippen LogP contribution in [0.4, 0.5) is 0 Å². The van der Waals surface area contributed by atoms with E-state index < -0.39 is 0 Å². The van der Waals surface area contributed by atoms with Crippen molar-refractivity contribution in [1.82, 2.24) is 19.9 Å². The van der Waals surface area contributed by atoms with Gasteiger partial charge in [0.1, 0.15) is 5.69 Å². The summed E-state index contributed by atoms with van der Waals surface area (Å²) in [7, 11) is 0. The van der Waals surface area contributed by atoms with Crippen molar-refractivity contribution in [3.63, 3.8) is 0 Å². The lowest BCUT2D eigenvalue weighted by Gasteiger charge is -2.38. The highest BCUT2D eigenvalue weighted by Crippen LogP contribution is 2.24. The van der Waals surface area contributed by atoms with E-state index >= 15 is 0 Å². The van der Waals surface area contributed by atoms with Gasteiger partial charge in [-0.05, 0) is 12.1 Å². The Bertz CT molecular complexity index is 774. The molecule has 1 aromatic carbocycles. The monoisotopic (exact) mass is 294 g/mol. The number of carbonyl (C=O) groups is 1. The van der Waals surface area contributed by atoms with Crippen molar-refractivity contribution in [2.75, 3.05) is 13.1 Å². The Kier molecular flexibility index (Phi) is 3.00. The molecule has 1 amide bonds. The summed E-state index contributed by atoms with van der Waals surface area (Å²) in [4.78, 5) is 13.8. The molecule has 3 heterocycles. The van der Waals surface area contributed by atoms with Gasteiger partial charge in [0.15, 0.2) is 5.76 Å². The first-order valence-corrected chi connectivity index (χ1v) is 7.11. The molecule has 0 N–H and O–H groups in total. The molecule has 1 aliphatic rings. The lowest BCUT2D eigenvalue weighted by Crippen LogP contribution is -2.50. The number of likely N-dealkylation sites (tertiary alicyclic amines) is 1. The Morgan fingerprint density at radius 3 is 2.68 bits per heavy atom. The second kappa shape index (κ2) is 5.14. The van der Waals surface area contributed by atoms with E-state index in [9.17, 15) is 4.79 Å². The number of aromatic nitrogens is 3. The number of carbonyl (C=O) groups excluding carboxylic acids is 1. The molecule has 0 bridgehead atoms. The van der Waals surface area contributed by atoms with Crippen LogP contribution in [0.15, 0.2) is 59.3 Å². The smallest absolute Gasteiger partial charge is 0.289 e. The molecule has 3 aromatic rings. The first kappa shape index (κ1) is 12.8. The minimum atomic E-state index is -0.0790. The summed E-state index contributed by atoms with van der Waals surface area (Å²) >= 11 is 0. The van der Waals surface area contributed by atoms with Crippen LogP contribution in [-0.4, -0.2) is 38.9 Å². The number of furan rings is 1. The van der Waals surface area contributed by atoms with Crippen LogP contribution in [0.1, 0.15) is 16.6 Å². The highest BCUT2D eigenvalue weighted by Gasteiger charge is 2.34. The molecule has 6 heteroatoms. The third-order valence-corrected chi connectivity index (χ3v) is 3.84. The molecule has 0 atom stereocenters. The molecular weight excluding hydrogens is 280 g/mol. The minimum Gasteiger partial charge on any atom is -0.459 e. The summed E-state index contributed by atoms with van der Waals surface area (Å²) in [6.45, 7) is 1.24. The van der Waals surface area contributed by atoms with E-state index in [1.54, 1.807) is 17.0 Å². The summed E-state index contributed by atoms with van der Waals surface area (Å²) in [5.74, 6) is 0.298. The molecule has 110 valence electrons. The zero-order chi connectivity index (χ0) is 14.9. The number of amides is 1. The molecule has 1 fully saturated rings. The summed E-state index contributed by atoms with van der Waals surface area (Å²) in [6, 6.07) is 13.5. The van der Waals surface area contributed by atoms with Gasteiger partial charge >= 0.3 is 0 Å². The fourth-order valence-electron chi connectivity index (χ4n) is 2.54. The van der Waals surface area contributed by atoms with Gasteiger partial charge in [-0.3, -0.25) is 4.79 Å². The lowest BCUT2D eigenvalue weighted by atomic mass is 10.1. The molecule has 0 unspecified atom stereocenters. The summed E-state index contributed by atoms with van der Waals surface area (Å²) in [6.07, 6.45) is 3.43. The second-order valence-electron chi connectivity index (χ2n) is 5.29. The van der Waals surface area contributed by atoms with E-state index in [1.165, 1.54) is 6.26 Å². The molecule has 1 saturated heterocycles. The SMILES string of the molecule is O=C(c1ccco1)N1CC(n2cc(-c3ccccc3)nn2)C1. The average molecular weight is 294 g/mol. The molecular formula is C16H14N4O2. The molecule has 0 radical (unpaired) electrons. The Morgan fingerprint density at radius 1 is 1.14 bits per heavy atom. The zero-order valence-corrected chi connectivity index (χ0v) is 11.8. The Balaban J connectivity index is 1.43. The van der Waals surface area contributed by atoms with E-state index in [1.807, 2.05) is 41.2 Å². The maximum absolute atomic E-state index is 12.1. The molecule has 0 aliphatic carbocycles. The maximum atomic E-state index is 12.1. The Hall–Kier alpha value is -2.89. The van der Waals surface area contributed by atoms with Gasteiger partial charge in [-0.1, -0.05) is 35.5 Å². The Morgan fingerprint density at radius 2 is 1.95 bits per heavy atom. The lowest BCUT2D eigenvalue weighted by molar-refractivity contribution is 0.0467. The van der Waals surface area contributed by atoms with Crippen molar-refractivity contribution in [2.24, 2.45) is 0 Å². The van der Waals surface area contributed by atoms with Crippen LogP contribution in [0.25, 0.3) is 11.3 Å². The van der Waals surface area contributed by atoms with Gasteiger partial charge in [-0.15, -0.1) is 5.10 Å². The molecule has 1 aliphatic heterocycles. The third-order valence-electron chi connectivity index (χ3n) is 3.84. The first-order chi connectivity index (χ1) is 10.8. The van der Waals surface area contributed by atoms with Crippen molar-refractivity contribution in [1.29, 1.82) is 0 Å². The van der Waals surface area contributed by atoms with E-state index in [2.05, 4.69) is 10.3 Å². The number of hydrogen-bond donors (Lipinski definition) is 0. The largest absolute Gasteiger partial charge is 0.459 e. The van der Waals surface area contributed by atoms with Crippen LogP contribution in [0.3, 0.4) is 0 Å². The molecule has 0 spiro atoms. The van der Waals surface area contributed by atoms with Gasteiger partial charge in [0.2, 0.25) is 0 Å². The molecule has 6 nitrogen and oxygen atoms in total. The van der Waals surface area contributed by atoms with E-state index in [0.717, 1.165) is 11.3 Å². The van der Waals surface area contributed by atoms with Gasteiger partial charge in [-0.2, -0.15) is 0 Å². The molecule has 0 saturated carbocycles. The summed E-state index contributed by atoms with van der Waals surface area (Å²) < 4.78 is 6.96. The molecule has 4 rings (SSSR count). The van der Waals surface area contributed by atoms with Gasteiger partial charge in [0.05, 0.1) is 18.5 Å². The summed E-state index contributed by atoms with van der Waals surface area (Å²) in [5, 5.41) is 8.38.